The molecule has 3 aromatic heterocycles. The van der Waals surface area contributed by atoms with Crippen LogP contribution in [0.1, 0.15) is 18.1 Å². The van der Waals surface area contributed by atoms with Gasteiger partial charge in [-0.25, -0.2) is 14.5 Å². The number of anilines is 1. The van der Waals surface area contributed by atoms with Gasteiger partial charge in [-0.15, -0.1) is 0 Å². The van der Waals surface area contributed by atoms with Crippen molar-refractivity contribution >= 4 is 11.7 Å². The van der Waals surface area contributed by atoms with E-state index in [2.05, 4.69) is 32.6 Å². The van der Waals surface area contributed by atoms with Crippen molar-refractivity contribution in [3.8, 4) is 16.9 Å². The molecule has 0 aliphatic carbocycles. The van der Waals surface area contributed by atoms with Crippen molar-refractivity contribution in [2.75, 3.05) is 5.32 Å². The molecule has 8 heteroatoms. The Balaban J connectivity index is 1.43. The summed E-state index contributed by atoms with van der Waals surface area (Å²) in [5, 5.41) is 8.56. The number of pyridine rings is 2. The second kappa shape index (κ2) is 9.08. The summed E-state index contributed by atoms with van der Waals surface area (Å²) in [5.41, 5.74) is 3.76. The predicted molar refractivity (Wildman–Crippen MR) is 119 cm³/mol. The fraction of sp³-hybridized carbons (Fsp3) is 0.130. The summed E-state index contributed by atoms with van der Waals surface area (Å²) in [4.78, 5) is 33.3. The van der Waals surface area contributed by atoms with Crippen LogP contribution >= 0.6 is 0 Å². The van der Waals surface area contributed by atoms with Gasteiger partial charge in [0.25, 0.3) is 5.56 Å². The number of aryl methyl sites for hydroxylation is 1. The zero-order chi connectivity index (χ0) is 21.6. The molecule has 156 valence electrons. The number of hydrogen-bond donors (Lipinski definition) is 3. The second-order valence-electron chi connectivity index (χ2n) is 6.95. The minimum Gasteiger partial charge on any atom is -0.334 e. The first-order valence-electron chi connectivity index (χ1n) is 9.94. The third-order valence-electron chi connectivity index (χ3n) is 4.86. The van der Waals surface area contributed by atoms with Crippen LogP contribution in [-0.2, 0) is 13.0 Å². The molecule has 0 bridgehead atoms. The summed E-state index contributed by atoms with van der Waals surface area (Å²) in [7, 11) is 0. The first-order chi connectivity index (χ1) is 15.1. The Morgan fingerprint density at radius 3 is 2.68 bits per heavy atom. The maximum absolute atomic E-state index is 12.8. The zero-order valence-electron chi connectivity index (χ0n) is 17.0. The van der Waals surface area contributed by atoms with Gasteiger partial charge >= 0.3 is 6.03 Å². The number of amides is 2. The molecule has 0 saturated carbocycles. The lowest BCUT2D eigenvalue weighted by atomic mass is 10.1. The first-order valence-corrected chi connectivity index (χ1v) is 9.94. The molecule has 8 nitrogen and oxygen atoms in total. The summed E-state index contributed by atoms with van der Waals surface area (Å²) < 4.78 is 1.36. The maximum Gasteiger partial charge on any atom is 0.319 e. The van der Waals surface area contributed by atoms with Gasteiger partial charge in [0.05, 0.1) is 5.56 Å². The molecule has 0 fully saturated rings. The van der Waals surface area contributed by atoms with Gasteiger partial charge in [0.15, 0.2) is 5.82 Å². The average molecular weight is 414 g/mol. The standard InChI is InChI=1S/C23H22N6O2/c1-2-16-5-7-19(8-6-16)28-23(31)26-13-17-9-11-25-21(12-17)29-22(30)20(15-27-29)18-4-3-10-24-14-18/h3-12,14-15,27H,2,13H2,1H3,(H2,26,28,31). The lowest BCUT2D eigenvalue weighted by Gasteiger charge is -2.09. The Kier molecular flexibility index (Phi) is 5.89. The van der Waals surface area contributed by atoms with Crippen molar-refractivity contribution in [3.63, 3.8) is 0 Å². The van der Waals surface area contributed by atoms with E-state index in [0.29, 0.717) is 17.9 Å². The van der Waals surface area contributed by atoms with Crippen LogP contribution in [0.3, 0.4) is 0 Å². The molecule has 3 heterocycles. The number of aromatic nitrogens is 4. The number of aromatic amines is 1. The van der Waals surface area contributed by atoms with Crippen molar-refractivity contribution in [2.45, 2.75) is 19.9 Å². The fourth-order valence-corrected chi connectivity index (χ4v) is 3.14. The Bertz CT molecular complexity index is 1230. The van der Waals surface area contributed by atoms with Crippen molar-refractivity contribution in [2.24, 2.45) is 0 Å². The number of nitrogens with zero attached hydrogens (tertiary/aromatic N) is 3. The van der Waals surface area contributed by atoms with Crippen molar-refractivity contribution in [3.05, 3.63) is 94.8 Å². The van der Waals surface area contributed by atoms with E-state index < -0.39 is 0 Å². The summed E-state index contributed by atoms with van der Waals surface area (Å²) in [6, 6.07) is 14.6. The molecule has 3 N–H and O–H groups in total. The Morgan fingerprint density at radius 2 is 1.94 bits per heavy atom. The number of urea groups is 1. The monoisotopic (exact) mass is 414 g/mol. The molecule has 0 saturated heterocycles. The number of carbonyl (C=O) groups excluding carboxylic acids is 1. The quantitative estimate of drug-likeness (QED) is 0.449. The smallest absolute Gasteiger partial charge is 0.319 e. The van der Waals surface area contributed by atoms with E-state index in [-0.39, 0.29) is 11.6 Å². The van der Waals surface area contributed by atoms with Crippen LogP contribution in [0.2, 0.25) is 0 Å². The minimum absolute atomic E-state index is 0.223. The van der Waals surface area contributed by atoms with Crippen LogP contribution < -0.4 is 16.2 Å². The number of carbonyl (C=O) groups is 1. The topological polar surface area (TPSA) is 105 Å². The van der Waals surface area contributed by atoms with Gasteiger partial charge in [-0.1, -0.05) is 25.1 Å². The molecule has 0 aliphatic rings. The highest BCUT2D eigenvalue weighted by Gasteiger charge is 2.11. The van der Waals surface area contributed by atoms with E-state index in [0.717, 1.165) is 23.2 Å². The molecule has 0 unspecified atom stereocenters. The average Bonchev–Trinajstić information content (AvgIpc) is 3.20. The number of rotatable bonds is 6. The number of benzene rings is 1. The van der Waals surface area contributed by atoms with E-state index in [4.69, 9.17) is 0 Å². The Morgan fingerprint density at radius 1 is 1.10 bits per heavy atom. The van der Waals surface area contributed by atoms with Gasteiger partial charge in [-0.3, -0.25) is 14.9 Å². The van der Waals surface area contributed by atoms with Crippen LogP contribution in [0.25, 0.3) is 16.9 Å². The zero-order valence-corrected chi connectivity index (χ0v) is 17.0. The van der Waals surface area contributed by atoms with Crippen LogP contribution in [0, 0.1) is 0 Å². The summed E-state index contributed by atoms with van der Waals surface area (Å²) in [6.45, 7) is 2.37. The van der Waals surface area contributed by atoms with Crippen LogP contribution in [-0.4, -0.2) is 25.8 Å². The number of hydrogen-bond acceptors (Lipinski definition) is 4. The van der Waals surface area contributed by atoms with Crippen molar-refractivity contribution < 1.29 is 4.79 Å². The van der Waals surface area contributed by atoms with Gasteiger partial charge in [-0.2, -0.15) is 0 Å². The largest absolute Gasteiger partial charge is 0.334 e. The number of nitrogens with one attached hydrogen (secondary N) is 3. The second-order valence-corrected chi connectivity index (χ2v) is 6.95. The Hall–Kier alpha value is -4.20. The first kappa shape index (κ1) is 20.1. The predicted octanol–water partition coefficient (Wildman–Crippen LogP) is 3.51. The van der Waals surface area contributed by atoms with E-state index in [1.807, 2.05) is 30.3 Å². The molecule has 0 spiro atoms. The van der Waals surface area contributed by atoms with Crippen LogP contribution in [0.5, 0.6) is 0 Å². The molecular weight excluding hydrogens is 392 g/mol. The number of H-pyrrole nitrogens is 1. The highest BCUT2D eigenvalue weighted by Crippen LogP contribution is 2.14. The third-order valence-corrected chi connectivity index (χ3v) is 4.86. The van der Waals surface area contributed by atoms with Crippen LogP contribution in [0.15, 0.2) is 78.1 Å². The van der Waals surface area contributed by atoms with Crippen molar-refractivity contribution in [1.29, 1.82) is 0 Å². The molecule has 1 aromatic carbocycles. The van der Waals surface area contributed by atoms with E-state index >= 15 is 0 Å². The molecule has 4 rings (SSSR count). The van der Waals surface area contributed by atoms with Crippen LogP contribution in [0.4, 0.5) is 10.5 Å². The normalized spacial score (nSPS) is 10.6. The molecule has 4 aromatic rings. The molecule has 0 atom stereocenters. The molecule has 2 amide bonds. The molecular formula is C23H22N6O2. The lowest BCUT2D eigenvalue weighted by Crippen LogP contribution is -2.28. The van der Waals surface area contributed by atoms with Gasteiger partial charge in [0.2, 0.25) is 0 Å². The summed E-state index contributed by atoms with van der Waals surface area (Å²) in [5.74, 6) is 0.440. The van der Waals surface area contributed by atoms with Crippen molar-refractivity contribution in [1.82, 2.24) is 25.1 Å². The van der Waals surface area contributed by atoms with Gasteiger partial charge in [0, 0.05) is 42.6 Å². The fourth-order valence-electron chi connectivity index (χ4n) is 3.14. The highest BCUT2D eigenvalue weighted by atomic mass is 16.2. The third kappa shape index (κ3) is 4.69. The van der Waals surface area contributed by atoms with Gasteiger partial charge in [0.1, 0.15) is 0 Å². The molecule has 0 aliphatic heterocycles. The highest BCUT2D eigenvalue weighted by molar-refractivity contribution is 5.89. The maximum atomic E-state index is 12.8. The minimum atomic E-state index is -0.307. The van der Waals surface area contributed by atoms with E-state index in [1.165, 1.54) is 10.2 Å². The van der Waals surface area contributed by atoms with E-state index in [1.54, 1.807) is 43.0 Å². The van der Waals surface area contributed by atoms with E-state index in [9.17, 15) is 9.59 Å². The van der Waals surface area contributed by atoms with Gasteiger partial charge < -0.3 is 10.6 Å². The summed E-state index contributed by atoms with van der Waals surface area (Å²) >= 11 is 0. The SMILES string of the molecule is CCc1ccc(NC(=O)NCc2ccnc(-n3[nH]cc(-c4cccnc4)c3=O)c2)cc1. The molecule has 0 radical (unpaired) electrons. The lowest BCUT2D eigenvalue weighted by molar-refractivity contribution is 0.251. The molecule has 31 heavy (non-hydrogen) atoms. The van der Waals surface area contributed by atoms with Gasteiger partial charge in [-0.05, 0) is 47.9 Å². The summed E-state index contributed by atoms with van der Waals surface area (Å²) in [6.07, 6.45) is 7.47. The Labute approximate surface area is 179 Å².